The number of halogens is 2. The minimum absolute atomic E-state index is 0.0506. The Kier molecular flexibility index (Phi) is 8.97. The molecule has 8 heteroatoms. The number of carbonyl (C=O) groups excluding carboxylic acids is 2. The Labute approximate surface area is 203 Å². The maximum Gasteiger partial charge on any atom is 0.348 e. The van der Waals surface area contributed by atoms with Crippen molar-refractivity contribution in [2.24, 2.45) is 5.92 Å². The second-order valence-corrected chi connectivity index (χ2v) is 9.88. The first kappa shape index (κ1) is 26.0. The third-order valence-corrected chi connectivity index (χ3v) is 7.28. The number of carbonyl (C=O) groups is 2. The van der Waals surface area contributed by atoms with Crippen molar-refractivity contribution in [1.29, 1.82) is 0 Å². The number of methoxy groups -OCH3 is 1. The average Bonchev–Trinajstić information content (AvgIpc) is 3.39. The number of rotatable bonds is 11. The number of ether oxygens (including phenoxy) is 1. The lowest BCUT2D eigenvalue weighted by Gasteiger charge is -2.22. The van der Waals surface area contributed by atoms with Gasteiger partial charge in [0.2, 0.25) is 0 Å². The Balaban J connectivity index is 1.54. The molecular weight excluding hydrogens is 460 g/mol. The van der Waals surface area contributed by atoms with Crippen molar-refractivity contribution < 1.29 is 28.2 Å². The van der Waals surface area contributed by atoms with Gasteiger partial charge in [0.15, 0.2) is 0 Å². The van der Waals surface area contributed by atoms with Crippen molar-refractivity contribution in [2.75, 3.05) is 13.7 Å². The van der Waals surface area contributed by atoms with Crippen LogP contribution in [0.2, 0.25) is 0 Å². The molecule has 0 bridgehead atoms. The van der Waals surface area contributed by atoms with E-state index in [2.05, 4.69) is 0 Å². The van der Waals surface area contributed by atoms with E-state index in [1.165, 1.54) is 28.9 Å². The normalized spacial score (nSPS) is 19.5. The Morgan fingerprint density at radius 2 is 2.00 bits per heavy atom. The van der Waals surface area contributed by atoms with Gasteiger partial charge in [-0.1, -0.05) is 49.4 Å². The van der Waals surface area contributed by atoms with E-state index in [-0.39, 0.29) is 12.5 Å². The molecule has 0 aliphatic carbocycles. The third-order valence-electron chi connectivity index (χ3n) is 6.15. The van der Waals surface area contributed by atoms with Crippen LogP contribution < -0.4 is 0 Å². The molecule has 0 spiro atoms. The molecule has 1 aromatic carbocycles. The fraction of sp³-hybridized carbons (Fsp3) is 0.462. The van der Waals surface area contributed by atoms with Crippen LogP contribution in [-0.2, 0) is 22.4 Å². The first-order chi connectivity index (χ1) is 16.2. The highest BCUT2D eigenvalue weighted by Crippen LogP contribution is 2.34. The summed E-state index contributed by atoms with van der Waals surface area (Å²) >= 11 is 1.30. The van der Waals surface area contributed by atoms with E-state index < -0.39 is 36.4 Å². The van der Waals surface area contributed by atoms with Gasteiger partial charge in [-0.25, -0.2) is 4.79 Å². The van der Waals surface area contributed by atoms with Crippen LogP contribution in [0.15, 0.2) is 54.6 Å². The van der Waals surface area contributed by atoms with Crippen LogP contribution in [0.1, 0.15) is 46.3 Å². The topological polar surface area (TPSA) is 66.8 Å². The molecule has 2 heterocycles. The lowest BCUT2D eigenvalue weighted by molar-refractivity contribution is -0.148. The quantitative estimate of drug-likeness (QED) is 0.359. The van der Waals surface area contributed by atoms with Crippen molar-refractivity contribution in [2.45, 2.75) is 57.1 Å². The Morgan fingerprint density at radius 1 is 1.26 bits per heavy atom. The van der Waals surface area contributed by atoms with Crippen LogP contribution in [0.3, 0.4) is 0 Å². The number of thiophene rings is 1. The van der Waals surface area contributed by atoms with E-state index in [0.29, 0.717) is 17.7 Å². The molecular formula is C26H31F2NO4S. The van der Waals surface area contributed by atoms with Gasteiger partial charge in [0, 0.05) is 17.8 Å². The van der Waals surface area contributed by atoms with Crippen LogP contribution in [0.25, 0.3) is 0 Å². The van der Waals surface area contributed by atoms with Crippen LogP contribution in [-0.4, -0.2) is 53.6 Å². The Bertz CT molecular complexity index is 992. The van der Waals surface area contributed by atoms with E-state index in [4.69, 9.17) is 4.74 Å². The third kappa shape index (κ3) is 6.73. The molecule has 2 aromatic rings. The lowest BCUT2D eigenvalue weighted by atomic mass is 9.95. The summed E-state index contributed by atoms with van der Waals surface area (Å²) in [6, 6.07) is 12.7. The first-order valence-corrected chi connectivity index (χ1v) is 12.3. The molecule has 3 rings (SSSR count). The zero-order chi connectivity index (χ0) is 24.7. The van der Waals surface area contributed by atoms with Gasteiger partial charge in [-0.2, -0.15) is 8.78 Å². The number of aryl methyl sites for hydroxylation is 2. The lowest BCUT2D eigenvalue weighted by Crippen LogP contribution is -2.36. The molecule has 1 fully saturated rings. The van der Waals surface area contributed by atoms with Crippen LogP contribution in [0.5, 0.6) is 0 Å². The number of benzene rings is 1. The number of hydrogen-bond acceptors (Lipinski definition) is 5. The van der Waals surface area contributed by atoms with Gasteiger partial charge in [0.05, 0.1) is 19.3 Å². The highest BCUT2D eigenvalue weighted by atomic mass is 32.1. The van der Waals surface area contributed by atoms with Gasteiger partial charge in [0.25, 0.3) is 5.91 Å². The highest BCUT2D eigenvalue weighted by Gasteiger charge is 2.52. The standard InChI is InChI=1S/C26H31F2NO4S/c1-18(10-11-19-7-4-3-5-8-19)22(30)14-12-20-17-26(27,28)25(32)29(20)16-6-9-21-13-15-23(34-21)24(31)33-2/h3-5,7-8,12-15,18,20,22,30H,6,9-11,16-17H2,1-2H3/b14-12+/t18-,20+,22-/m1/s1. The summed E-state index contributed by atoms with van der Waals surface area (Å²) in [5.74, 6) is -5.03. The molecule has 34 heavy (non-hydrogen) atoms. The predicted octanol–water partition coefficient (Wildman–Crippen LogP) is 4.89. The molecule has 184 valence electrons. The number of likely N-dealkylation sites (tertiary alicyclic amines) is 1. The molecule has 3 atom stereocenters. The molecule has 1 aliphatic rings. The van der Waals surface area contributed by atoms with Gasteiger partial charge < -0.3 is 14.7 Å². The number of aliphatic hydroxyl groups excluding tert-OH is 1. The molecule has 0 unspecified atom stereocenters. The fourth-order valence-electron chi connectivity index (χ4n) is 4.05. The molecule has 5 nitrogen and oxygen atoms in total. The van der Waals surface area contributed by atoms with Crippen LogP contribution >= 0.6 is 11.3 Å². The van der Waals surface area contributed by atoms with Crippen molar-refractivity contribution in [3.63, 3.8) is 0 Å². The molecule has 1 N–H and O–H groups in total. The summed E-state index contributed by atoms with van der Waals surface area (Å²) in [6.45, 7) is 2.10. The number of esters is 1. The van der Waals surface area contributed by atoms with E-state index in [1.54, 1.807) is 18.2 Å². The number of nitrogens with zero attached hydrogens (tertiary/aromatic N) is 1. The first-order valence-electron chi connectivity index (χ1n) is 11.5. The zero-order valence-corrected chi connectivity index (χ0v) is 20.3. The van der Waals surface area contributed by atoms with Crippen LogP contribution in [0, 0.1) is 5.92 Å². The number of amides is 1. The van der Waals surface area contributed by atoms with Gasteiger partial charge >= 0.3 is 11.9 Å². The molecule has 1 amide bonds. The zero-order valence-electron chi connectivity index (χ0n) is 19.5. The number of hydrogen-bond donors (Lipinski definition) is 1. The van der Waals surface area contributed by atoms with E-state index in [1.807, 2.05) is 43.3 Å². The van der Waals surface area contributed by atoms with E-state index in [9.17, 15) is 23.5 Å². The summed E-state index contributed by atoms with van der Waals surface area (Å²) < 4.78 is 33.0. The van der Waals surface area contributed by atoms with Crippen molar-refractivity contribution in [3.05, 3.63) is 69.9 Å². The minimum Gasteiger partial charge on any atom is -0.465 e. The monoisotopic (exact) mass is 491 g/mol. The Morgan fingerprint density at radius 3 is 2.71 bits per heavy atom. The Hall–Kier alpha value is -2.58. The average molecular weight is 492 g/mol. The molecule has 0 radical (unpaired) electrons. The van der Waals surface area contributed by atoms with Crippen molar-refractivity contribution >= 4 is 23.2 Å². The summed E-state index contributed by atoms with van der Waals surface area (Å²) in [4.78, 5) is 26.5. The predicted molar refractivity (Wildman–Crippen MR) is 128 cm³/mol. The van der Waals surface area contributed by atoms with E-state index in [0.717, 1.165) is 17.7 Å². The van der Waals surface area contributed by atoms with Crippen LogP contribution in [0.4, 0.5) is 8.78 Å². The van der Waals surface area contributed by atoms with Gasteiger partial charge in [-0.3, -0.25) is 4.79 Å². The number of aliphatic hydroxyl groups is 1. The van der Waals surface area contributed by atoms with Gasteiger partial charge in [0.1, 0.15) is 4.88 Å². The largest absolute Gasteiger partial charge is 0.465 e. The summed E-state index contributed by atoms with van der Waals surface area (Å²) in [6.07, 6.45) is 4.35. The van der Waals surface area contributed by atoms with Crippen molar-refractivity contribution in [3.8, 4) is 0 Å². The summed E-state index contributed by atoms with van der Waals surface area (Å²) in [5.41, 5.74) is 1.18. The highest BCUT2D eigenvalue weighted by molar-refractivity contribution is 7.13. The fourth-order valence-corrected chi connectivity index (χ4v) is 5.02. The van der Waals surface area contributed by atoms with Crippen molar-refractivity contribution in [1.82, 2.24) is 4.90 Å². The molecule has 1 aliphatic heterocycles. The molecule has 1 saturated heterocycles. The maximum absolute atomic E-state index is 14.2. The summed E-state index contributed by atoms with van der Waals surface area (Å²) in [5, 5.41) is 10.5. The second-order valence-electron chi connectivity index (χ2n) is 8.71. The minimum atomic E-state index is -3.40. The summed E-state index contributed by atoms with van der Waals surface area (Å²) in [7, 11) is 1.32. The van der Waals surface area contributed by atoms with E-state index >= 15 is 0 Å². The SMILES string of the molecule is COC(=O)c1ccc(CCCN2C(=O)C(F)(F)C[C@@H]2/C=C/[C@@H](O)[C@H](C)CCc2ccccc2)s1. The van der Waals surface area contributed by atoms with Gasteiger partial charge in [-0.05, 0) is 49.3 Å². The maximum atomic E-state index is 14.2. The smallest absolute Gasteiger partial charge is 0.348 e. The molecule has 0 saturated carbocycles. The molecule has 1 aromatic heterocycles. The second kappa shape index (κ2) is 11.7. The number of alkyl halides is 2. The van der Waals surface area contributed by atoms with Gasteiger partial charge in [-0.15, -0.1) is 11.3 Å².